The average molecular weight is 629 g/mol. The topological polar surface area (TPSA) is 119 Å². The number of carboxylic acids is 1. The quantitative estimate of drug-likeness (QED) is 0.257. The Balaban J connectivity index is 1.52. The van der Waals surface area contributed by atoms with Crippen molar-refractivity contribution < 1.29 is 38.8 Å². The molecule has 46 heavy (non-hydrogen) atoms. The van der Waals surface area contributed by atoms with Crippen LogP contribution >= 0.6 is 0 Å². The van der Waals surface area contributed by atoms with E-state index in [-0.39, 0.29) is 58.4 Å². The van der Waals surface area contributed by atoms with Gasteiger partial charge in [0.25, 0.3) is 0 Å². The van der Waals surface area contributed by atoms with E-state index < -0.39 is 34.3 Å². The maximum absolute atomic E-state index is 15.0. The number of aliphatic carboxylic acids is 1. The number of phenols is 1. The van der Waals surface area contributed by atoms with Crippen molar-refractivity contribution in [1.82, 2.24) is 0 Å². The van der Waals surface area contributed by atoms with Crippen LogP contribution in [0.3, 0.4) is 0 Å². The molecule has 8 heteroatoms. The number of carbonyl (C=O) groups is 3. The number of benzene rings is 1. The highest BCUT2D eigenvalue weighted by molar-refractivity contribution is 6.18. The van der Waals surface area contributed by atoms with E-state index in [1.165, 1.54) is 13.0 Å². The lowest BCUT2D eigenvalue weighted by molar-refractivity contribution is -0.171. The number of fused-ring (bicyclic) bond motifs is 5. The second kappa shape index (κ2) is 9.69. The smallest absolute Gasteiger partial charge is 0.330 e. The van der Waals surface area contributed by atoms with Gasteiger partial charge in [-0.25, -0.2) is 4.79 Å². The molecule has 1 aromatic carbocycles. The third-order valence-electron chi connectivity index (χ3n) is 11.8. The highest BCUT2D eigenvalue weighted by atomic mass is 16.6. The van der Waals surface area contributed by atoms with Gasteiger partial charge in [-0.15, -0.1) is 0 Å². The van der Waals surface area contributed by atoms with E-state index in [4.69, 9.17) is 14.2 Å². The summed E-state index contributed by atoms with van der Waals surface area (Å²) in [6.45, 7) is 17.7. The summed E-state index contributed by atoms with van der Waals surface area (Å²) in [6.07, 6.45) is 8.47. The van der Waals surface area contributed by atoms with E-state index in [0.29, 0.717) is 41.7 Å². The van der Waals surface area contributed by atoms with Gasteiger partial charge in [0, 0.05) is 46.4 Å². The standard InChI is InChI=1S/C38H44O8/c1-18(2)9-10-23-31-27(24-17-36(8,44-31)13-12-22(24)19(3)4)30(40)28-29(39)25-15-21-16-26-35(6,7)46-37(33(21)41,14-11-20(5)34(42)43)38(25,26)45-32(23)28/h9,11,15,21-22,24,26,40H,3,10,12-14,16-17H2,1-2,4-8H3,(H,42,43)/b20-11-/t21?,22?,24-,26-,36-,37-,38+/m0/s1. The van der Waals surface area contributed by atoms with Gasteiger partial charge in [0.1, 0.15) is 28.4 Å². The third-order valence-corrected chi connectivity index (χ3v) is 11.8. The van der Waals surface area contributed by atoms with Crippen LogP contribution in [0.15, 0.2) is 47.1 Å². The number of ketones is 2. The molecule has 1 saturated heterocycles. The number of Topliss-reactive ketones (excluding diaryl/α,β-unsaturated/α-hetero) is 2. The number of rotatable bonds is 6. The zero-order valence-electron chi connectivity index (χ0n) is 27.8. The molecule has 0 radical (unpaired) electrons. The van der Waals surface area contributed by atoms with E-state index in [2.05, 4.69) is 19.6 Å². The number of carboxylic acid groups (broad SMARTS) is 1. The minimum atomic E-state index is -1.62. The van der Waals surface area contributed by atoms with Crippen molar-refractivity contribution in [3.05, 3.63) is 63.8 Å². The van der Waals surface area contributed by atoms with Crippen LogP contribution in [-0.4, -0.2) is 50.2 Å². The Hall–Kier alpha value is -3.65. The van der Waals surface area contributed by atoms with Gasteiger partial charge in [-0.05, 0) is 86.5 Å². The van der Waals surface area contributed by atoms with Crippen molar-refractivity contribution in [2.45, 2.75) is 115 Å². The maximum atomic E-state index is 15.0. The third kappa shape index (κ3) is 3.85. The van der Waals surface area contributed by atoms with Crippen LogP contribution in [-0.2, 0) is 20.7 Å². The molecule has 2 saturated carbocycles. The summed E-state index contributed by atoms with van der Waals surface area (Å²) in [4.78, 5) is 41.1. The Morgan fingerprint density at radius 3 is 2.46 bits per heavy atom. The van der Waals surface area contributed by atoms with Crippen LogP contribution in [0, 0.1) is 17.8 Å². The number of allylic oxidation sites excluding steroid dienone is 4. The van der Waals surface area contributed by atoms with Gasteiger partial charge in [-0.1, -0.05) is 36.0 Å². The van der Waals surface area contributed by atoms with Gasteiger partial charge < -0.3 is 24.4 Å². The molecule has 8 rings (SSSR count). The van der Waals surface area contributed by atoms with Crippen molar-refractivity contribution in [3.63, 3.8) is 0 Å². The fourth-order valence-corrected chi connectivity index (χ4v) is 9.66. The molecule has 0 aromatic heterocycles. The summed E-state index contributed by atoms with van der Waals surface area (Å²) in [7, 11) is 0. The molecule has 2 N–H and O–H groups in total. The van der Waals surface area contributed by atoms with Crippen molar-refractivity contribution in [2.24, 2.45) is 17.8 Å². The van der Waals surface area contributed by atoms with Crippen molar-refractivity contribution >= 4 is 17.5 Å². The molecular weight excluding hydrogens is 584 g/mol. The van der Waals surface area contributed by atoms with Gasteiger partial charge in [-0.2, -0.15) is 0 Å². The molecule has 6 bridgehead atoms. The van der Waals surface area contributed by atoms with Gasteiger partial charge in [0.05, 0.1) is 5.60 Å². The van der Waals surface area contributed by atoms with Crippen LogP contribution in [0.5, 0.6) is 17.2 Å². The SMILES string of the molecule is C=C(C)C1CC[C@@]2(C)C[C@@H]1c1c(O)c3c(c(CC=C(C)C)c1O2)O[C@]12C(=CC4C[C@H]1C(C)(C)O[C@@]2(C/C=C(/C)C(=O)O)C4=O)C3=O. The molecule has 7 aliphatic rings. The molecule has 3 heterocycles. The Labute approximate surface area is 270 Å². The zero-order chi connectivity index (χ0) is 33.3. The number of aromatic hydroxyl groups is 1. The van der Waals surface area contributed by atoms with Crippen LogP contribution in [0.2, 0.25) is 0 Å². The van der Waals surface area contributed by atoms with Gasteiger partial charge in [0.15, 0.2) is 22.8 Å². The molecule has 244 valence electrons. The lowest BCUT2D eigenvalue weighted by Gasteiger charge is -2.56. The average Bonchev–Trinajstić information content (AvgIpc) is 3.11. The number of phenolic OH excluding ortho intramolecular Hbond substituents is 1. The fraction of sp³-hybridized carbons (Fsp3) is 0.553. The first-order chi connectivity index (χ1) is 21.5. The fourth-order valence-electron chi connectivity index (χ4n) is 9.66. The molecular formula is C38H44O8. The highest BCUT2D eigenvalue weighted by Crippen LogP contribution is 2.69. The molecule has 2 unspecified atom stereocenters. The molecule has 4 aliphatic carbocycles. The molecule has 3 fully saturated rings. The van der Waals surface area contributed by atoms with E-state index in [0.717, 1.165) is 24.0 Å². The van der Waals surface area contributed by atoms with Crippen molar-refractivity contribution in [3.8, 4) is 17.2 Å². The van der Waals surface area contributed by atoms with E-state index >= 15 is 0 Å². The van der Waals surface area contributed by atoms with Gasteiger partial charge in [-0.3, -0.25) is 9.59 Å². The summed E-state index contributed by atoms with van der Waals surface area (Å²) in [5.41, 5.74) is -0.519. The zero-order valence-corrected chi connectivity index (χ0v) is 27.8. The Bertz CT molecular complexity index is 1740. The summed E-state index contributed by atoms with van der Waals surface area (Å²) in [5, 5.41) is 21.8. The predicted molar refractivity (Wildman–Crippen MR) is 171 cm³/mol. The molecule has 3 aliphatic heterocycles. The Morgan fingerprint density at radius 1 is 1.09 bits per heavy atom. The second-order valence-electron chi connectivity index (χ2n) is 15.5. The van der Waals surface area contributed by atoms with Crippen LogP contribution in [0.25, 0.3) is 0 Å². The number of hydrogen-bond acceptors (Lipinski definition) is 7. The van der Waals surface area contributed by atoms with Gasteiger partial charge in [0.2, 0.25) is 0 Å². The summed E-state index contributed by atoms with van der Waals surface area (Å²) < 4.78 is 20.8. The first-order valence-electron chi connectivity index (χ1n) is 16.5. The van der Waals surface area contributed by atoms with Gasteiger partial charge >= 0.3 is 5.97 Å². The van der Waals surface area contributed by atoms with Crippen LogP contribution < -0.4 is 9.47 Å². The predicted octanol–water partition coefficient (Wildman–Crippen LogP) is 6.94. The van der Waals surface area contributed by atoms with Crippen LogP contribution in [0.4, 0.5) is 0 Å². The first-order valence-corrected chi connectivity index (χ1v) is 16.5. The molecule has 1 spiro atoms. The summed E-state index contributed by atoms with van der Waals surface area (Å²) >= 11 is 0. The maximum Gasteiger partial charge on any atom is 0.330 e. The monoisotopic (exact) mass is 628 g/mol. The van der Waals surface area contributed by atoms with E-state index in [9.17, 15) is 24.6 Å². The molecule has 8 nitrogen and oxygen atoms in total. The minimum Gasteiger partial charge on any atom is -0.507 e. The van der Waals surface area contributed by atoms with E-state index in [1.54, 1.807) is 6.08 Å². The number of ether oxygens (including phenoxy) is 3. The molecule has 7 atom stereocenters. The summed E-state index contributed by atoms with van der Waals surface area (Å²) in [5.74, 6) is -1.93. The second-order valence-corrected chi connectivity index (χ2v) is 15.5. The number of hydrogen-bond donors (Lipinski definition) is 2. The first kappa shape index (κ1) is 31.0. The minimum absolute atomic E-state index is 0.0580. The Kier molecular flexibility index (Phi) is 6.53. The van der Waals surface area contributed by atoms with Crippen molar-refractivity contribution in [1.29, 1.82) is 0 Å². The normalized spacial score (nSPS) is 36.1. The molecule has 1 aromatic rings. The lowest BCUT2D eigenvalue weighted by Crippen LogP contribution is -2.72. The van der Waals surface area contributed by atoms with Crippen molar-refractivity contribution in [2.75, 3.05) is 0 Å². The Morgan fingerprint density at radius 2 is 1.80 bits per heavy atom. The lowest BCUT2D eigenvalue weighted by atomic mass is 9.51. The largest absolute Gasteiger partial charge is 0.507 e. The van der Waals surface area contributed by atoms with E-state index in [1.807, 2.05) is 34.6 Å². The highest BCUT2D eigenvalue weighted by Gasteiger charge is 2.81. The van der Waals surface area contributed by atoms with Crippen LogP contribution in [0.1, 0.15) is 108 Å². The summed E-state index contributed by atoms with van der Waals surface area (Å²) in [6, 6.07) is 0. The number of carbonyl (C=O) groups excluding carboxylic acids is 2. The molecule has 0 amide bonds.